The zero-order valence-electron chi connectivity index (χ0n) is 10.4. The van der Waals surface area contributed by atoms with E-state index in [-0.39, 0.29) is 6.61 Å². The molecule has 1 saturated heterocycles. The fourth-order valence-electron chi connectivity index (χ4n) is 2.33. The first-order valence-electron chi connectivity index (χ1n) is 6.20. The number of hydrogen-bond donors (Lipinski definition) is 1. The molecule has 1 atom stereocenters. The minimum absolute atomic E-state index is 0.272. The Morgan fingerprint density at radius 1 is 1.40 bits per heavy atom. The predicted octanol–water partition coefficient (Wildman–Crippen LogP) is 1.17. The smallest absolute Gasteiger partial charge is 0.0558 e. The van der Waals surface area contributed by atoms with Gasteiger partial charge in [0.2, 0.25) is 0 Å². The minimum atomic E-state index is 0.272. The van der Waals surface area contributed by atoms with Gasteiger partial charge < -0.3 is 10.0 Å². The molecule has 1 heterocycles. The highest BCUT2D eigenvalue weighted by molar-refractivity contribution is 4.78. The average molecular weight is 214 g/mol. The summed E-state index contributed by atoms with van der Waals surface area (Å²) in [4.78, 5) is 4.85. The normalized spacial score (nSPS) is 24.0. The van der Waals surface area contributed by atoms with Gasteiger partial charge in [0.05, 0.1) is 6.61 Å². The first-order valence-corrected chi connectivity index (χ1v) is 6.20. The fraction of sp³-hybridized carbons (Fsp3) is 1.00. The fourth-order valence-corrected chi connectivity index (χ4v) is 2.33. The van der Waals surface area contributed by atoms with Gasteiger partial charge in [-0.1, -0.05) is 6.42 Å². The second-order valence-corrected chi connectivity index (χ2v) is 4.94. The van der Waals surface area contributed by atoms with Gasteiger partial charge in [0.25, 0.3) is 0 Å². The van der Waals surface area contributed by atoms with Crippen molar-refractivity contribution in [1.82, 2.24) is 9.80 Å². The van der Waals surface area contributed by atoms with Crippen LogP contribution in [0.15, 0.2) is 0 Å². The molecule has 1 fully saturated rings. The number of nitrogens with zero attached hydrogens (tertiary/aromatic N) is 2. The van der Waals surface area contributed by atoms with Crippen LogP contribution < -0.4 is 0 Å². The highest BCUT2D eigenvalue weighted by atomic mass is 16.3. The van der Waals surface area contributed by atoms with Crippen LogP contribution in [0.5, 0.6) is 0 Å². The molecule has 0 aromatic heterocycles. The van der Waals surface area contributed by atoms with Gasteiger partial charge in [-0.15, -0.1) is 0 Å². The van der Waals surface area contributed by atoms with Gasteiger partial charge in [0.15, 0.2) is 0 Å². The zero-order valence-corrected chi connectivity index (χ0v) is 10.4. The summed E-state index contributed by atoms with van der Waals surface area (Å²) in [7, 11) is 2.22. The molecule has 0 bridgehead atoms. The maximum Gasteiger partial charge on any atom is 0.0558 e. The first-order chi connectivity index (χ1) is 7.15. The van der Waals surface area contributed by atoms with E-state index >= 15 is 0 Å². The maximum atomic E-state index is 9.03. The third kappa shape index (κ3) is 4.09. The largest absolute Gasteiger partial charge is 0.395 e. The van der Waals surface area contributed by atoms with Crippen LogP contribution in [0, 0.1) is 0 Å². The number of likely N-dealkylation sites (tertiary alicyclic amines) is 1. The van der Waals surface area contributed by atoms with Crippen molar-refractivity contribution in [2.24, 2.45) is 0 Å². The molecule has 15 heavy (non-hydrogen) atoms. The van der Waals surface area contributed by atoms with Crippen LogP contribution >= 0.6 is 0 Å². The quantitative estimate of drug-likeness (QED) is 0.744. The van der Waals surface area contributed by atoms with E-state index < -0.39 is 0 Å². The average Bonchev–Trinajstić information content (AvgIpc) is 2.20. The lowest BCUT2D eigenvalue weighted by molar-refractivity contribution is 0.0960. The van der Waals surface area contributed by atoms with Crippen molar-refractivity contribution < 1.29 is 5.11 Å². The van der Waals surface area contributed by atoms with Crippen molar-refractivity contribution in [2.45, 2.75) is 45.2 Å². The van der Waals surface area contributed by atoms with Crippen LogP contribution in [-0.2, 0) is 0 Å². The second-order valence-electron chi connectivity index (χ2n) is 4.94. The van der Waals surface area contributed by atoms with E-state index in [0.717, 1.165) is 13.1 Å². The molecule has 0 unspecified atom stereocenters. The number of likely N-dealkylation sites (N-methyl/N-ethyl adjacent to an activating group) is 1. The van der Waals surface area contributed by atoms with Crippen LogP contribution in [0.2, 0.25) is 0 Å². The van der Waals surface area contributed by atoms with Gasteiger partial charge in [-0.3, -0.25) is 4.90 Å². The first kappa shape index (κ1) is 12.9. The standard InChI is InChI=1S/C12H26N2O/c1-11(2)14(8-9-15)10-12-6-4-5-7-13(12)3/h11-12,15H,4-10H2,1-3H3/t12-/m0/s1. The van der Waals surface area contributed by atoms with Gasteiger partial charge in [0.1, 0.15) is 0 Å². The number of piperidine rings is 1. The van der Waals surface area contributed by atoms with E-state index in [9.17, 15) is 0 Å². The molecule has 0 saturated carbocycles. The highest BCUT2D eigenvalue weighted by Crippen LogP contribution is 2.16. The van der Waals surface area contributed by atoms with E-state index in [1.807, 2.05) is 0 Å². The number of aliphatic hydroxyl groups is 1. The Bertz CT molecular complexity index is 171. The Morgan fingerprint density at radius 2 is 2.13 bits per heavy atom. The topological polar surface area (TPSA) is 26.7 Å². The van der Waals surface area contributed by atoms with Crippen LogP contribution in [0.1, 0.15) is 33.1 Å². The van der Waals surface area contributed by atoms with E-state index in [1.165, 1.54) is 25.8 Å². The molecule has 0 aromatic carbocycles. The number of aliphatic hydroxyl groups excluding tert-OH is 1. The van der Waals surface area contributed by atoms with E-state index in [1.54, 1.807) is 0 Å². The molecule has 1 aliphatic rings. The Morgan fingerprint density at radius 3 is 2.67 bits per heavy atom. The second kappa shape index (κ2) is 6.46. The molecule has 3 nitrogen and oxygen atoms in total. The molecule has 1 rings (SSSR count). The Kier molecular flexibility index (Phi) is 5.58. The summed E-state index contributed by atoms with van der Waals surface area (Å²) in [5.41, 5.74) is 0. The van der Waals surface area contributed by atoms with Gasteiger partial charge in [-0.25, -0.2) is 0 Å². The van der Waals surface area contributed by atoms with Gasteiger partial charge in [0, 0.05) is 25.2 Å². The summed E-state index contributed by atoms with van der Waals surface area (Å²) in [5.74, 6) is 0. The highest BCUT2D eigenvalue weighted by Gasteiger charge is 2.22. The van der Waals surface area contributed by atoms with Crippen molar-refractivity contribution in [3.63, 3.8) is 0 Å². The summed E-state index contributed by atoms with van der Waals surface area (Å²) in [6.07, 6.45) is 4.01. The molecule has 1 N–H and O–H groups in total. The summed E-state index contributed by atoms with van der Waals surface area (Å²) in [5, 5.41) is 9.03. The molecule has 0 spiro atoms. The molecule has 90 valence electrons. The van der Waals surface area contributed by atoms with Crippen molar-refractivity contribution in [2.75, 3.05) is 33.3 Å². The molecule has 1 aliphatic heterocycles. The van der Waals surface area contributed by atoms with Crippen molar-refractivity contribution >= 4 is 0 Å². The predicted molar refractivity (Wildman–Crippen MR) is 64.1 cm³/mol. The lowest BCUT2D eigenvalue weighted by Crippen LogP contribution is -2.47. The molecule has 0 aliphatic carbocycles. The SMILES string of the molecule is CC(C)N(CCO)C[C@@H]1CCCCN1C. The Labute approximate surface area is 94.1 Å². The van der Waals surface area contributed by atoms with Gasteiger partial charge in [-0.2, -0.15) is 0 Å². The minimum Gasteiger partial charge on any atom is -0.395 e. The Hall–Kier alpha value is -0.120. The van der Waals surface area contributed by atoms with E-state index in [2.05, 4.69) is 30.7 Å². The molecule has 0 radical (unpaired) electrons. The van der Waals surface area contributed by atoms with E-state index in [0.29, 0.717) is 12.1 Å². The van der Waals surface area contributed by atoms with Crippen LogP contribution in [0.3, 0.4) is 0 Å². The summed E-state index contributed by atoms with van der Waals surface area (Å²) in [6.45, 7) is 7.83. The van der Waals surface area contributed by atoms with E-state index in [4.69, 9.17) is 5.11 Å². The summed E-state index contributed by atoms with van der Waals surface area (Å²) in [6, 6.07) is 1.22. The molecule has 0 aromatic rings. The maximum absolute atomic E-state index is 9.03. The monoisotopic (exact) mass is 214 g/mol. The molecule has 3 heteroatoms. The van der Waals surface area contributed by atoms with Crippen molar-refractivity contribution in [1.29, 1.82) is 0 Å². The number of hydrogen-bond acceptors (Lipinski definition) is 3. The zero-order chi connectivity index (χ0) is 11.3. The lowest BCUT2D eigenvalue weighted by Gasteiger charge is -2.37. The van der Waals surface area contributed by atoms with Gasteiger partial charge in [-0.05, 0) is 40.3 Å². The lowest BCUT2D eigenvalue weighted by atomic mass is 10.0. The Balaban J connectivity index is 2.41. The van der Waals surface area contributed by atoms with Gasteiger partial charge >= 0.3 is 0 Å². The number of rotatable bonds is 5. The summed E-state index contributed by atoms with van der Waals surface area (Å²) < 4.78 is 0. The molecule has 0 amide bonds. The van der Waals surface area contributed by atoms with Crippen LogP contribution in [0.25, 0.3) is 0 Å². The summed E-state index contributed by atoms with van der Waals surface area (Å²) >= 11 is 0. The third-order valence-corrected chi connectivity index (χ3v) is 3.48. The van der Waals surface area contributed by atoms with Crippen molar-refractivity contribution in [3.8, 4) is 0 Å². The van der Waals surface area contributed by atoms with Crippen LogP contribution in [-0.4, -0.2) is 60.3 Å². The van der Waals surface area contributed by atoms with Crippen LogP contribution in [0.4, 0.5) is 0 Å². The van der Waals surface area contributed by atoms with Crippen molar-refractivity contribution in [3.05, 3.63) is 0 Å². The molecular weight excluding hydrogens is 188 g/mol. The molecular formula is C12H26N2O. The third-order valence-electron chi connectivity index (χ3n) is 3.48.